The molecule has 3 nitrogen and oxygen atoms in total. The third-order valence-corrected chi connectivity index (χ3v) is 4.82. The number of imidazole rings is 1. The first-order chi connectivity index (χ1) is 9.00. The van der Waals surface area contributed by atoms with E-state index in [9.17, 15) is 0 Å². The molecule has 2 N–H and O–H groups in total. The normalized spacial score (nSPS) is 29.7. The summed E-state index contributed by atoms with van der Waals surface area (Å²) >= 11 is 0. The molecule has 0 aliphatic heterocycles. The van der Waals surface area contributed by atoms with Gasteiger partial charge in [0.15, 0.2) is 0 Å². The first-order valence-corrected chi connectivity index (χ1v) is 7.78. The molecule has 1 heterocycles. The van der Waals surface area contributed by atoms with Crippen molar-refractivity contribution in [1.82, 2.24) is 9.55 Å². The lowest BCUT2D eigenvalue weighted by Crippen LogP contribution is -2.29. The van der Waals surface area contributed by atoms with E-state index in [1.165, 1.54) is 25.0 Å². The number of rotatable bonds is 4. The van der Waals surface area contributed by atoms with Crippen LogP contribution >= 0.6 is 0 Å². The molecule has 0 radical (unpaired) electrons. The predicted molar refractivity (Wildman–Crippen MR) is 79.8 cm³/mol. The van der Waals surface area contributed by atoms with Crippen molar-refractivity contribution in [3.8, 4) is 0 Å². The third kappa shape index (κ3) is 3.19. The highest BCUT2D eigenvalue weighted by molar-refractivity contribution is 5.07. The summed E-state index contributed by atoms with van der Waals surface area (Å²) in [6.07, 6.45) is 8.95. The van der Waals surface area contributed by atoms with Crippen LogP contribution in [-0.2, 0) is 0 Å². The molecule has 1 aliphatic rings. The van der Waals surface area contributed by atoms with Crippen molar-refractivity contribution in [3.05, 3.63) is 18.2 Å². The number of nitrogens with zero attached hydrogens (tertiary/aromatic N) is 2. The zero-order chi connectivity index (χ0) is 14.0. The van der Waals surface area contributed by atoms with Crippen molar-refractivity contribution in [3.63, 3.8) is 0 Å². The van der Waals surface area contributed by atoms with E-state index in [-0.39, 0.29) is 6.04 Å². The molecule has 0 saturated heterocycles. The van der Waals surface area contributed by atoms with Gasteiger partial charge in [0.25, 0.3) is 0 Å². The molecule has 1 aromatic heterocycles. The van der Waals surface area contributed by atoms with Crippen molar-refractivity contribution in [1.29, 1.82) is 0 Å². The Morgan fingerprint density at radius 1 is 1.37 bits per heavy atom. The molecule has 0 bridgehead atoms. The van der Waals surface area contributed by atoms with Gasteiger partial charge in [-0.3, -0.25) is 0 Å². The molecular formula is C16H29N3. The van der Waals surface area contributed by atoms with Gasteiger partial charge >= 0.3 is 0 Å². The number of hydrogen-bond acceptors (Lipinski definition) is 2. The highest BCUT2D eigenvalue weighted by atomic mass is 15.1. The second kappa shape index (κ2) is 6.08. The zero-order valence-electron chi connectivity index (χ0n) is 12.8. The highest BCUT2D eigenvalue weighted by Gasteiger charge is 2.30. The van der Waals surface area contributed by atoms with E-state index in [2.05, 4.69) is 37.2 Å². The third-order valence-electron chi connectivity index (χ3n) is 4.82. The smallest absolute Gasteiger partial charge is 0.0951 e. The molecule has 1 aromatic rings. The monoisotopic (exact) mass is 263 g/mol. The van der Waals surface area contributed by atoms with E-state index in [0.717, 1.165) is 12.3 Å². The molecule has 3 heteroatoms. The van der Waals surface area contributed by atoms with Crippen LogP contribution in [0.3, 0.4) is 0 Å². The minimum atomic E-state index is 0.118. The predicted octanol–water partition coefficient (Wildman–Crippen LogP) is 3.93. The lowest BCUT2D eigenvalue weighted by Gasteiger charge is -2.36. The van der Waals surface area contributed by atoms with Crippen molar-refractivity contribution >= 4 is 0 Å². The molecule has 108 valence electrons. The van der Waals surface area contributed by atoms with Gasteiger partial charge in [-0.05, 0) is 30.6 Å². The Balaban J connectivity index is 2.18. The van der Waals surface area contributed by atoms with Crippen molar-refractivity contribution in [2.24, 2.45) is 23.5 Å². The summed E-state index contributed by atoms with van der Waals surface area (Å²) in [5, 5.41) is 0. The maximum absolute atomic E-state index is 6.37. The van der Waals surface area contributed by atoms with Gasteiger partial charge in [0.05, 0.1) is 12.0 Å². The summed E-state index contributed by atoms with van der Waals surface area (Å²) in [5.41, 5.74) is 7.59. The van der Waals surface area contributed by atoms with E-state index in [1.54, 1.807) is 0 Å². The maximum Gasteiger partial charge on any atom is 0.0951 e. The van der Waals surface area contributed by atoms with Gasteiger partial charge in [0.1, 0.15) is 0 Å². The Bertz CT molecular complexity index is 396. The summed E-state index contributed by atoms with van der Waals surface area (Å²) in [7, 11) is 0. The Morgan fingerprint density at radius 3 is 2.79 bits per heavy atom. The fourth-order valence-electron chi connectivity index (χ4n) is 3.45. The Labute approximate surface area is 117 Å². The van der Waals surface area contributed by atoms with Gasteiger partial charge in [0, 0.05) is 18.3 Å². The first kappa shape index (κ1) is 14.6. The molecule has 0 aromatic carbocycles. The molecule has 0 spiro atoms. The van der Waals surface area contributed by atoms with Gasteiger partial charge < -0.3 is 10.3 Å². The topological polar surface area (TPSA) is 43.8 Å². The first-order valence-electron chi connectivity index (χ1n) is 7.78. The summed E-state index contributed by atoms with van der Waals surface area (Å²) < 4.78 is 2.37. The molecule has 4 unspecified atom stereocenters. The second-order valence-electron chi connectivity index (χ2n) is 6.80. The van der Waals surface area contributed by atoms with Crippen LogP contribution in [0.1, 0.15) is 71.2 Å². The summed E-state index contributed by atoms with van der Waals surface area (Å²) in [5.74, 6) is 2.14. The molecule has 4 atom stereocenters. The van der Waals surface area contributed by atoms with Crippen LogP contribution in [0.15, 0.2) is 12.5 Å². The lowest BCUT2D eigenvalue weighted by atomic mass is 9.77. The van der Waals surface area contributed by atoms with E-state index in [4.69, 9.17) is 5.73 Å². The quantitative estimate of drug-likeness (QED) is 0.894. The Hall–Kier alpha value is -0.830. The molecule has 0 amide bonds. The largest absolute Gasteiger partial charge is 0.330 e. The van der Waals surface area contributed by atoms with Gasteiger partial charge in [-0.1, -0.05) is 40.5 Å². The van der Waals surface area contributed by atoms with Crippen LogP contribution in [0, 0.1) is 17.8 Å². The number of hydrogen-bond donors (Lipinski definition) is 1. The van der Waals surface area contributed by atoms with Crippen molar-refractivity contribution < 1.29 is 0 Å². The van der Waals surface area contributed by atoms with Gasteiger partial charge in [0.2, 0.25) is 0 Å². The molecule has 19 heavy (non-hydrogen) atoms. The van der Waals surface area contributed by atoms with E-state index in [1.807, 2.05) is 12.5 Å². The molecular weight excluding hydrogens is 234 g/mol. The number of nitrogens with two attached hydrogens (primary N) is 1. The lowest BCUT2D eigenvalue weighted by molar-refractivity contribution is 0.181. The van der Waals surface area contributed by atoms with E-state index in [0.29, 0.717) is 17.9 Å². The van der Waals surface area contributed by atoms with Gasteiger partial charge in [-0.25, -0.2) is 4.98 Å². The summed E-state index contributed by atoms with van der Waals surface area (Å²) in [6.45, 7) is 9.21. The van der Waals surface area contributed by atoms with Crippen LogP contribution in [0.4, 0.5) is 0 Å². The summed E-state index contributed by atoms with van der Waals surface area (Å²) in [4.78, 5) is 4.37. The second-order valence-corrected chi connectivity index (χ2v) is 6.80. The fourth-order valence-corrected chi connectivity index (χ4v) is 3.45. The van der Waals surface area contributed by atoms with Crippen molar-refractivity contribution in [2.75, 3.05) is 0 Å². The van der Waals surface area contributed by atoms with Crippen LogP contribution in [0.5, 0.6) is 0 Å². The average molecular weight is 263 g/mol. The molecule has 1 saturated carbocycles. The minimum Gasteiger partial charge on any atom is -0.330 e. The zero-order valence-corrected chi connectivity index (χ0v) is 12.8. The van der Waals surface area contributed by atoms with Crippen LogP contribution < -0.4 is 5.73 Å². The van der Waals surface area contributed by atoms with Crippen LogP contribution in [0.25, 0.3) is 0 Å². The fraction of sp³-hybridized carbons (Fsp3) is 0.812. The highest BCUT2D eigenvalue weighted by Crippen LogP contribution is 2.39. The van der Waals surface area contributed by atoms with Gasteiger partial charge in [-0.2, -0.15) is 0 Å². The standard InChI is InChI=1S/C16H29N3/c1-11(2)8-14(17)16-9-18-10-19(16)15-7-5-6-12(3)13(15)4/h9-15H,5-8,17H2,1-4H3. The molecule has 1 fully saturated rings. The molecule has 2 rings (SSSR count). The Kier molecular flexibility index (Phi) is 4.67. The average Bonchev–Trinajstić information content (AvgIpc) is 2.80. The van der Waals surface area contributed by atoms with E-state index < -0.39 is 0 Å². The van der Waals surface area contributed by atoms with Crippen molar-refractivity contribution in [2.45, 2.75) is 65.5 Å². The van der Waals surface area contributed by atoms with Crippen LogP contribution in [0.2, 0.25) is 0 Å². The number of aromatic nitrogens is 2. The van der Waals surface area contributed by atoms with E-state index >= 15 is 0 Å². The Morgan fingerprint density at radius 2 is 2.11 bits per heavy atom. The maximum atomic E-state index is 6.37. The SMILES string of the molecule is CC(C)CC(N)c1cncn1C1CCCC(C)C1C. The van der Waals surface area contributed by atoms with Gasteiger partial charge in [-0.15, -0.1) is 0 Å². The summed E-state index contributed by atoms with van der Waals surface area (Å²) in [6, 6.07) is 0.700. The van der Waals surface area contributed by atoms with Crippen LogP contribution in [-0.4, -0.2) is 9.55 Å². The minimum absolute atomic E-state index is 0.118. The molecule has 1 aliphatic carbocycles.